The van der Waals surface area contributed by atoms with Gasteiger partial charge in [0.1, 0.15) is 5.01 Å². The summed E-state index contributed by atoms with van der Waals surface area (Å²) in [4.78, 5) is 22.0. The summed E-state index contributed by atoms with van der Waals surface area (Å²) in [6.07, 6.45) is 3.89. The van der Waals surface area contributed by atoms with E-state index in [9.17, 15) is 10.1 Å². The van der Waals surface area contributed by atoms with Gasteiger partial charge in [0, 0.05) is 24.8 Å². The fraction of sp³-hybridized carbons (Fsp3) is 0.263. The van der Waals surface area contributed by atoms with Crippen molar-refractivity contribution < 1.29 is 4.92 Å². The normalized spacial score (nSPS) is 14.7. The molecule has 0 N–H and O–H groups in total. The minimum absolute atomic E-state index is 0.0780. The molecule has 0 amide bonds. The van der Waals surface area contributed by atoms with Crippen molar-refractivity contribution in [3.05, 3.63) is 62.8 Å². The molecule has 26 heavy (non-hydrogen) atoms. The molecule has 0 radical (unpaired) electrons. The number of pyridine rings is 1. The Bertz CT molecular complexity index is 969. The number of benzene rings is 1. The quantitative estimate of drug-likeness (QED) is 0.501. The van der Waals surface area contributed by atoms with Crippen molar-refractivity contribution in [2.24, 2.45) is 0 Å². The van der Waals surface area contributed by atoms with Crippen molar-refractivity contribution in [3.63, 3.8) is 0 Å². The maximum Gasteiger partial charge on any atom is 0.311 e. The van der Waals surface area contributed by atoms with Crippen LogP contribution >= 0.6 is 11.3 Å². The van der Waals surface area contributed by atoms with Crippen LogP contribution in [0.5, 0.6) is 0 Å². The minimum atomic E-state index is -0.353. The number of aromatic nitrogens is 2. The molecule has 0 bridgehead atoms. The Balaban J connectivity index is 1.52. The van der Waals surface area contributed by atoms with E-state index < -0.39 is 0 Å². The lowest BCUT2D eigenvalue weighted by Crippen LogP contribution is -2.31. The van der Waals surface area contributed by atoms with E-state index in [4.69, 9.17) is 0 Å². The Hall–Kier alpha value is -2.80. The molecule has 1 aliphatic heterocycles. The summed E-state index contributed by atoms with van der Waals surface area (Å²) in [6.45, 7) is 3.32. The van der Waals surface area contributed by atoms with E-state index >= 15 is 0 Å². The fourth-order valence-corrected chi connectivity index (χ4v) is 4.15. The molecular weight excluding hydrogens is 348 g/mol. The summed E-state index contributed by atoms with van der Waals surface area (Å²) >= 11 is 1.69. The van der Waals surface area contributed by atoms with Crippen LogP contribution in [-0.2, 0) is 0 Å². The third-order valence-corrected chi connectivity index (χ3v) is 5.52. The number of hydrogen-bond acceptors (Lipinski definition) is 6. The van der Waals surface area contributed by atoms with Crippen molar-refractivity contribution in [1.29, 1.82) is 0 Å². The Labute approximate surface area is 155 Å². The van der Waals surface area contributed by atoms with Crippen molar-refractivity contribution in [2.75, 3.05) is 18.0 Å². The maximum atomic E-state index is 11.3. The summed E-state index contributed by atoms with van der Waals surface area (Å²) in [5.41, 5.74) is 3.23. The zero-order valence-corrected chi connectivity index (χ0v) is 15.2. The standard InChI is InChI=1S/C19H18N4O2S/c1-13-6-7-16(23(24)25)19(20-13)22-10-8-14(9-11-22)12-18-21-15-4-2-3-5-17(15)26-18/h2-7,12H,8-11H2,1H3. The molecule has 1 aliphatic rings. The molecule has 4 rings (SSSR count). The average molecular weight is 366 g/mol. The summed E-state index contributed by atoms with van der Waals surface area (Å²) < 4.78 is 1.19. The molecule has 0 atom stereocenters. The van der Waals surface area contributed by atoms with Crippen LogP contribution in [0, 0.1) is 17.0 Å². The molecular formula is C19H18N4O2S. The van der Waals surface area contributed by atoms with Crippen molar-refractivity contribution >= 4 is 39.1 Å². The third kappa shape index (κ3) is 3.30. The number of rotatable bonds is 3. The lowest BCUT2D eigenvalue weighted by molar-refractivity contribution is -0.384. The monoisotopic (exact) mass is 366 g/mol. The molecule has 3 heterocycles. The molecule has 3 aromatic rings. The molecule has 1 fully saturated rings. The Morgan fingerprint density at radius 3 is 2.65 bits per heavy atom. The highest BCUT2D eigenvalue weighted by atomic mass is 32.1. The van der Waals surface area contributed by atoms with E-state index in [1.165, 1.54) is 10.3 Å². The predicted octanol–water partition coefficient (Wildman–Crippen LogP) is 4.59. The number of anilines is 1. The number of fused-ring (bicyclic) bond motifs is 1. The summed E-state index contributed by atoms with van der Waals surface area (Å²) in [5, 5.41) is 12.3. The molecule has 2 aromatic heterocycles. The van der Waals surface area contributed by atoms with E-state index in [-0.39, 0.29) is 10.6 Å². The number of thiazole rings is 1. The van der Waals surface area contributed by atoms with Crippen LogP contribution in [0.4, 0.5) is 11.5 Å². The highest BCUT2D eigenvalue weighted by molar-refractivity contribution is 7.19. The Morgan fingerprint density at radius 1 is 1.15 bits per heavy atom. The van der Waals surface area contributed by atoms with Crippen molar-refractivity contribution in [1.82, 2.24) is 9.97 Å². The number of hydrogen-bond donors (Lipinski definition) is 0. The van der Waals surface area contributed by atoms with E-state index in [2.05, 4.69) is 22.1 Å². The van der Waals surface area contributed by atoms with Crippen molar-refractivity contribution in [2.45, 2.75) is 19.8 Å². The SMILES string of the molecule is Cc1ccc([N+](=O)[O-])c(N2CCC(=Cc3nc4ccccc4s3)CC2)n1. The second-order valence-electron chi connectivity index (χ2n) is 6.36. The molecule has 132 valence electrons. The predicted molar refractivity (Wildman–Crippen MR) is 105 cm³/mol. The van der Waals surface area contributed by atoms with Gasteiger partial charge < -0.3 is 4.90 Å². The zero-order valence-electron chi connectivity index (χ0n) is 14.4. The van der Waals surface area contributed by atoms with Gasteiger partial charge in [-0.2, -0.15) is 0 Å². The lowest BCUT2D eigenvalue weighted by Gasteiger charge is -2.29. The van der Waals surface area contributed by atoms with Crippen LogP contribution in [-0.4, -0.2) is 28.0 Å². The molecule has 6 nitrogen and oxygen atoms in total. The van der Waals surface area contributed by atoms with Gasteiger partial charge in [-0.1, -0.05) is 17.7 Å². The molecule has 0 unspecified atom stereocenters. The average Bonchev–Trinajstić information content (AvgIpc) is 3.04. The van der Waals surface area contributed by atoms with Crippen LogP contribution < -0.4 is 4.90 Å². The number of aryl methyl sites for hydroxylation is 1. The van der Waals surface area contributed by atoms with Crippen LogP contribution in [0.2, 0.25) is 0 Å². The van der Waals surface area contributed by atoms with Gasteiger partial charge in [-0.3, -0.25) is 10.1 Å². The van der Waals surface area contributed by atoms with Gasteiger partial charge in [0.25, 0.3) is 0 Å². The number of nitro groups is 1. The van der Waals surface area contributed by atoms with Gasteiger partial charge in [0.05, 0.1) is 15.1 Å². The van der Waals surface area contributed by atoms with Crippen LogP contribution in [0.1, 0.15) is 23.5 Å². The van der Waals surface area contributed by atoms with E-state index in [1.54, 1.807) is 23.5 Å². The summed E-state index contributed by atoms with van der Waals surface area (Å²) in [6, 6.07) is 11.4. The molecule has 1 aromatic carbocycles. The summed E-state index contributed by atoms with van der Waals surface area (Å²) in [7, 11) is 0. The van der Waals surface area contributed by atoms with Crippen molar-refractivity contribution in [3.8, 4) is 0 Å². The van der Waals surface area contributed by atoms with Gasteiger partial charge in [0.2, 0.25) is 5.82 Å². The smallest absolute Gasteiger partial charge is 0.311 e. The van der Waals surface area contributed by atoms with Gasteiger partial charge in [-0.15, -0.1) is 11.3 Å². The maximum absolute atomic E-state index is 11.3. The second-order valence-corrected chi connectivity index (χ2v) is 7.42. The molecule has 0 aliphatic carbocycles. The van der Waals surface area contributed by atoms with Crippen LogP contribution in [0.25, 0.3) is 16.3 Å². The molecule has 1 saturated heterocycles. The Kier molecular flexibility index (Phi) is 4.38. The first kappa shape index (κ1) is 16.7. The summed E-state index contributed by atoms with van der Waals surface area (Å²) in [5.74, 6) is 0.481. The molecule has 0 saturated carbocycles. The topological polar surface area (TPSA) is 72.2 Å². The lowest BCUT2D eigenvalue weighted by atomic mass is 10.0. The minimum Gasteiger partial charge on any atom is -0.350 e. The molecule has 7 heteroatoms. The zero-order chi connectivity index (χ0) is 18.1. The first-order chi connectivity index (χ1) is 12.6. The van der Waals surface area contributed by atoms with Gasteiger partial charge >= 0.3 is 5.69 Å². The van der Waals surface area contributed by atoms with Crippen LogP contribution in [0.3, 0.4) is 0 Å². The number of para-hydroxylation sites is 1. The van der Waals surface area contributed by atoms with Gasteiger partial charge in [0.15, 0.2) is 0 Å². The second kappa shape index (κ2) is 6.84. The first-order valence-corrected chi connectivity index (χ1v) is 9.34. The van der Waals surface area contributed by atoms with E-state index in [0.717, 1.165) is 42.1 Å². The Morgan fingerprint density at radius 2 is 1.92 bits per heavy atom. The molecule has 0 spiro atoms. The highest BCUT2D eigenvalue weighted by Crippen LogP contribution is 2.31. The fourth-order valence-electron chi connectivity index (χ4n) is 3.19. The largest absolute Gasteiger partial charge is 0.350 e. The van der Waals surface area contributed by atoms with Gasteiger partial charge in [-0.05, 0) is 44.0 Å². The third-order valence-electron chi connectivity index (χ3n) is 4.53. The first-order valence-electron chi connectivity index (χ1n) is 8.52. The van der Waals surface area contributed by atoms with Gasteiger partial charge in [-0.25, -0.2) is 9.97 Å². The van der Waals surface area contributed by atoms with E-state index in [1.807, 2.05) is 30.0 Å². The van der Waals surface area contributed by atoms with Crippen LogP contribution in [0.15, 0.2) is 42.0 Å². The number of nitrogens with zero attached hydrogens (tertiary/aromatic N) is 4. The van der Waals surface area contributed by atoms with E-state index in [0.29, 0.717) is 5.82 Å². The highest BCUT2D eigenvalue weighted by Gasteiger charge is 2.24. The number of piperidine rings is 1.